The number of methoxy groups -OCH3 is 1. The monoisotopic (exact) mass is 406 g/mol. The van der Waals surface area contributed by atoms with Crippen LogP contribution in [0.4, 0.5) is 0 Å². The third-order valence-electron chi connectivity index (χ3n) is 4.56. The zero-order valence-electron chi connectivity index (χ0n) is 16.6. The number of H-pyrrole nitrogens is 1. The lowest BCUT2D eigenvalue weighted by Crippen LogP contribution is -2.38. The SMILES string of the molecule is C=CCOC(=O)c1c(Cc2ccccc2)n(Cc2ccc(OC)cc2)c(=O)[nH]c1=O. The molecule has 7 nitrogen and oxygen atoms in total. The van der Waals surface area contributed by atoms with E-state index in [2.05, 4.69) is 11.6 Å². The predicted octanol–water partition coefficient (Wildman–Crippen LogP) is 2.53. The smallest absolute Gasteiger partial charge is 0.345 e. The molecule has 0 bridgehead atoms. The van der Waals surface area contributed by atoms with Crippen molar-refractivity contribution < 1.29 is 14.3 Å². The zero-order valence-corrected chi connectivity index (χ0v) is 16.6. The van der Waals surface area contributed by atoms with Crippen LogP contribution < -0.4 is 16.0 Å². The molecule has 30 heavy (non-hydrogen) atoms. The number of hydrogen-bond acceptors (Lipinski definition) is 5. The Morgan fingerprint density at radius 1 is 1.07 bits per heavy atom. The van der Waals surface area contributed by atoms with Gasteiger partial charge < -0.3 is 9.47 Å². The molecule has 0 unspecified atom stereocenters. The van der Waals surface area contributed by atoms with Crippen LogP contribution >= 0.6 is 0 Å². The third-order valence-corrected chi connectivity index (χ3v) is 4.56. The number of rotatable bonds is 8. The molecule has 0 aliphatic rings. The van der Waals surface area contributed by atoms with Crippen LogP contribution in [0.25, 0.3) is 0 Å². The third kappa shape index (κ3) is 4.75. The molecule has 0 atom stereocenters. The lowest BCUT2D eigenvalue weighted by atomic mass is 10.0. The number of nitrogens with one attached hydrogen (secondary N) is 1. The largest absolute Gasteiger partial charge is 0.497 e. The Balaban J connectivity index is 2.13. The van der Waals surface area contributed by atoms with Gasteiger partial charge in [-0.15, -0.1) is 0 Å². The van der Waals surface area contributed by atoms with E-state index in [9.17, 15) is 14.4 Å². The van der Waals surface area contributed by atoms with Gasteiger partial charge in [-0.25, -0.2) is 9.59 Å². The van der Waals surface area contributed by atoms with Crippen LogP contribution in [0.15, 0.2) is 76.8 Å². The minimum Gasteiger partial charge on any atom is -0.497 e. The van der Waals surface area contributed by atoms with Gasteiger partial charge in [-0.2, -0.15) is 0 Å². The van der Waals surface area contributed by atoms with E-state index in [1.807, 2.05) is 42.5 Å². The quantitative estimate of drug-likeness (QED) is 0.459. The van der Waals surface area contributed by atoms with Gasteiger partial charge in [0.05, 0.1) is 13.7 Å². The van der Waals surface area contributed by atoms with Crippen LogP contribution in [-0.4, -0.2) is 29.2 Å². The van der Waals surface area contributed by atoms with Crippen molar-refractivity contribution in [2.24, 2.45) is 0 Å². The van der Waals surface area contributed by atoms with Crippen molar-refractivity contribution in [1.82, 2.24) is 9.55 Å². The molecular formula is C23H22N2O5. The first kappa shape index (κ1) is 20.9. The van der Waals surface area contributed by atoms with Gasteiger partial charge in [0, 0.05) is 12.1 Å². The molecule has 0 aliphatic heterocycles. The summed E-state index contributed by atoms with van der Waals surface area (Å²) < 4.78 is 11.7. The van der Waals surface area contributed by atoms with Crippen molar-refractivity contribution in [2.75, 3.05) is 13.7 Å². The Bertz CT molecular complexity index is 1140. The number of aromatic nitrogens is 2. The van der Waals surface area contributed by atoms with Crippen LogP contribution in [0.1, 0.15) is 27.2 Å². The normalized spacial score (nSPS) is 10.4. The molecule has 0 fully saturated rings. The molecule has 1 N–H and O–H groups in total. The van der Waals surface area contributed by atoms with Gasteiger partial charge in [0.1, 0.15) is 17.9 Å². The van der Waals surface area contributed by atoms with E-state index in [0.717, 1.165) is 11.1 Å². The van der Waals surface area contributed by atoms with E-state index in [1.165, 1.54) is 10.6 Å². The van der Waals surface area contributed by atoms with E-state index in [1.54, 1.807) is 19.2 Å². The summed E-state index contributed by atoms with van der Waals surface area (Å²) in [5, 5.41) is 0. The molecule has 0 spiro atoms. The van der Waals surface area contributed by atoms with Gasteiger partial charge in [0.15, 0.2) is 0 Å². The average molecular weight is 406 g/mol. The lowest BCUT2D eigenvalue weighted by molar-refractivity contribution is 0.0545. The highest BCUT2D eigenvalue weighted by Gasteiger charge is 2.22. The Morgan fingerprint density at radius 3 is 2.40 bits per heavy atom. The van der Waals surface area contributed by atoms with Gasteiger partial charge >= 0.3 is 11.7 Å². The van der Waals surface area contributed by atoms with Crippen LogP contribution in [0.3, 0.4) is 0 Å². The number of carbonyl (C=O) groups is 1. The molecule has 1 aromatic heterocycles. The van der Waals surface area contributed by atoms with Crippen molar-refractivity contribution >= 4 is 5.97 Å². The standard InChI is InChI=1S/C23H22N2O5/c1-3-13-30-22(27)20-19(14-16-7-5-4-6-8-16)25(23(28)24-21(20)26)15-17-9-11-18(29-2)12-10-17/h3-12H,1,13-15H2,2H3,(H,24,26,28). The highest BCUT2D eigenvalue weighted by Crippen LogP contribution is 2.16. The highest BCUT2D eigenvalue weighted by atomic mass is 16.5. The number of hydrogen-bond donors (Lipinski definition) is 1. The van der Waals surface area contributed by atoms with E-state index < -0.39 is 17.2 Å². The van der Waals surface area contributed by atoms with Crippen LogP contribution in [0, 0.1) is 0 Å². The predicted molar refractivity (Wildman–Crippen MR) is 113 cm³/mol. The number of aromatic amines is 1. The first-order chi connectivity index (χ1) is 14.5. The molecule has 7 heteroatoms. The van der Waals surface area contributed by atoms with Crippen molar-refractivity contribution in [3.05, 3.63) is 110 Å². The minimum absolute atomic E-state index is 0.0410. The van der Waals surface area contributed by atoms with Crippen molar-refractivity contribution in [2.45, 2.75) is 13.0 Å². The van der Waals surface area contributed by atoms with Crippen LogP contribution in [-0.2, 0) is 17.7 Å². The van der Waals surface area contributed by atoms with E-state index >= 15 is 0 Å². The van der Waals surface area contributed by atoms with E-state index in [4.69, 9.17) is 9.47 Å². The van der Waals surface area contributed by atoms with Crippen molar-refractivity contribution in [3.8, 4) is 5.75 Å². The molecule has 0 saturated carbocycles. The fraction of sp³-hybridized carbons (Fsp3) is 0.174. The first-order valence-electron chi connectivity index (χ1n) is 9.34. The second kappa shape index (κ2) is 9.56. The molecule has 0 saturated heterocycles. The first-order valence-corrected chi connectivity index (χ1v) is 9.34. The number of nitrogens with zero attached hydrogens (tertiary/aromatic N) is 1. The molecule has 154 valence electrons. The summed E-state index contributed by atoms with van der Waals surface area (Å²) in [5.74, 6) is -0.115. The van der Waals surface area contributed by atoms with Crippen molar-refractivity contribution in [3.63, 3.8) is 0 Å². The lowest BCUT2D eigenvalue weighted by Gasteiger charge is -2.16. The molecule has 0 aliphatic carbocycles. The highest BCUT2D eigenvalue weighted by molar-refractivity contribution is 5.90. The molecule has 3 aromatic rings. The fourth-order valence-electron chi connectivity index (χ4n) is 3.09. The molecule has 3 rings (SSSR count). The van der Waals surface area contributed by atoms with Crippen molar-refractivity contribution in [1.29, 1.82) is 0 Å². The van der Waals surface area contributed by atoms with Crippen LogP contribution in [0.2, 0.25) is 0 Å². The molecule has 0 amide bonds. The Hall–Kier alpha value is -3.87. The molecular weight excluding hydrogens is 384 g/mol. The molecule has 2 aromatic carbocycles. The zero-order chi connectivity index (χ0) is 21.5. The van der Waals surface area contributed by atoms with Gasteiger partial charge in [0.2, 0.25) is 0 Å². The van der Waals surface area contributed by atoms with Gasteiger partial charge in [0.25, 0.3) is 5.56 Å². The Kier molecular flexibility index (Phi) is 6.64. The molecule has 1 heterocycles. The maximum atomic E-state index is 12.7. The number of carbonyl (C=O) groups excluding carboxylic acids is 1. The topological polar surface area (TPSA) is 90.4 Å². The second-order valence-electron chi connectivity index (χ2n) is 6.56. The Morgan fingerprint density at radius 2 is 1.77 bits per heavy atom. The van der Waals surface area contributed by atoms with E-state index in [-0.39, 0.29) is 25.1 Å². The average Bonchev–Trinajstić information content (AvgIpc) is 2.76. The fourth-order valence-corrected chi connectivity index (χ4v) is 3.09. The summed E-state index contributed by atoms with van der Waals surface area (Å²) in [5.41, 5.74) is 0.398. The summed E-state index contributed by atoms with van der Waals surface area (Å²) in [4.78, 5) is 40.1. The van der Waals surface area contributed by atoms with Gasteiger partial charge in [-0.1, -0.05) is 55.1 Å². The molecule has 0 radical (unpaired) electrons. The summed E-state index contributed by atoms with van der Waals surface area (Å²) >= 11 is 0. The van der Waals surface area contributed by atoms with E-state index in [0.29, 0.717) is 11.4 Å². The number of esters is 1. The summed E-state index contributed by atoms with van der Waals surface area (Å²) in [6.07, 6.45) is 1.63. The minimum atomic E-state index is -0.800. The Labute approximate surface area is 173 Å². The maximum absolute atomic E-state index is 12.7. The summed E-state index contributed by atoms with van der Waals surface area (Å²) in [6.45, 7) is 3.64. The maximum Gasteiger partial charge on any atom is 0.345 e. The van der Waals surface area contributed by atoms with Gasteiger partial charge in [-0.05, 0) is 23.3 Å². The number of ether oxygens (including phenoxy) is 2. The number of benzene rings is 2. The summed E-state index contributed by atoms with van der Waals surface area (Å²) in [6, 6.07) is 16.5. The second-order valence-corrected chi connectivity index (χ2v) is 6.56. The van der Waals surface area contributed by atoms with Crippen LogP contribution in [0.5, 0.6) is 5.75 Å². The summed E-state index contributed by atoms with van der Waals surface area (Å²) in [7, 11) is 1.57. The van der Waals surface area contributed by atoms with Gasteiger partial charge in [-0.3, -0.25) is 14.3 Å².